The number of allylic oxidation sites excluding steroid dienone is 1. The molecule has 2 N–H and O–H groups in total. The van der Waals surface area contributed by atoms with Crippen LogP contribution in [0.25, 0.3) is 5.57 Å². The molecule has 0 radical (unpaired) electrons. The van der Waals surface area contributed by atoms with E-state index in [4.69, 9.17) is 0 Å². The fourth-order valence-electron chi connectivity index (χ4n) is 5.90. The van der Waals surface area contributed by atoms with Crippen LogP contribution in [0, 0.1) is 0 Å². The number of nitrogens with one attached hydrogen (secondary N) is 2. The normalized spacial score (nSPS) is 13.6. The van der Waals surface area contributed by atoms with Crippen molar-refractivity contribution >= 4 is 33.9 Å². The molecular formula is C35H43F3N4O2S. The van der Waals surface area contributed by atoms with Crippen molar-refractivity contribution in [3.63, 3.8) is 0 Å². The molecule has 4 rings (SSSR count). The molecular weight excluding hydrogens is 597 g/mol. The van der Waals surface area contributed by atoms with Crippen LogP contribution in [-0.2, 0) is 41.4 Å². The van der Waals surface area contributed by atoms with E-state index in [2.05, 4.69) is 52.9 Å². The average Bonchev–Trinajstić information content (AvgIpc) is 3.49. The number of unbranched alkanes of at least 4 members (excludes halogenated alkanes) is 2. The van der Waals surface area contributed by atoms with E-state index in [0.29, 0.717) is 42.1 Å². The minimum atomic E-state index is -4.40. The van der Waals surface area contributed by atoms with Crippen molar-refractivity contribution in [3.8, 4) is 0 Å². The zero-order valence-corrected chi connectivity index (χ0v) is 27.0. The molecule has 2 aromatic carbocycles. The summed E-state index contributed by atoms with van der Waals surface area (Å²) in [5, 5.41) is 15.5. The number of halogens is 3. The van der Waals surface area contributed by atoms with Crippen LogP contribution in [-0.4, -0.2) is 28.6 Å². The van der Waals surface area contributed by atoms with E-state index in [1.54, 1.807) is 0 Å². The molecule has 1 aromatic heterocycles. The van der Waals surface area contributed by atoms with Crippen LogP contribution in [0.15, 0.2) is 48.0 Å². The Labute approximate surface area is 267 Å². The first-order valence-corrected chi connectivity index (χ1v) is 16.9. The van der Waals surface area contributed by atoms with E-state index in [0.717, 1.165) is 86.9 Å². The molecule has 1 aliphatic carbocycles. The molecule has 0 bridgehead atoms. The lowest BCUT2D eigenvalue weighted by molar-refractivity contribution is -0.137. The third kappa shape index (κ3) is 9.98. The van der Waals surface area contributed by atoms with Crippen LogP contribution < -0.4 is 10.6 Å². The van der Waals surface area contributed by atoms with Gasteiger partial charge in [0.15, 0.2) is 0 Å². The zero-order chi connectivity index (χ0) is 32.2. The molecule has 1 aliphatic rings. The molecule has 2 amide bonds. The summed E-state index contributed by atoms with van der Waals surface area (Å²) in [5.41, 5.74) is 5.49. The van der Waals surface area contributed by atoms with Gasteiger partial charge in [-0.1, -0.05) is 61.9 Å². The highest BCUT2D eigenvalue weighted by Gasteiger charge is 2.30. The highest BCUT2D eigenvalue weighted by atomic mass is 32.1. The highest BCUT2D eigenvalue weighted by molar-refractivity contribution is 7.15. The quantitative estimate of drug-likeness (QED) is 0.163. The fourth-order valence-corrected chi connectivity index (χ4v) is 6.68. The highest BCUT2D eigenvalue weighted by Crippen LogP contribution is 2.35. The first kappa shape index (κ1) is 34.3. The molecule has 0 aliphatic heterocycles. The second-order valence-corrected chi connectivity index (χ2v) is 12.5. The van der Waals surface area contributed by atoms with Gasteiger partial charge in [-0.25, -0.2) is 0 Å². The molecule has 45 heavy (non-hydrogen) atoms. The van der Waals surface area contributed by atoms with Gasteiger partial charge in [0.25, 0.3) is 5.91 Å². The van der Waals surface area contributed by atoms with Crippen LogP contribution >= 0.6 is 11.3 Å². The van der Waals surface area contributed by atoms with Crippen LogP contribution in [0.3, 0.4) is 0 Å². The number of alkyl halides is 3. The van der Waals surface area contributed by atoms with E-state index in [1.165, 1.54) is 40.2 Å². The summed E-state index contributed by atoms with van der Waals surface area (Å²) >= 11 is 1.34. The SMILES string of the molecule is CCc1cccc(CC)c1CCCC(=O)NCCCCCc1nnc(NC(=O)C2=C(c3ccc(C(F)(F)F)cc3)CCCC2)s1. The third-order valence-corrected chi connectivity index (χ3v) is 9.24. The van der Waals surface area contributed by atoms with Crippen LogP contribution in [0.1, 0.15) is 104 Å². The van der Waals surface area contributed by atoms with Gasteiger partial charge in [0, 0.05) is 25.0 Å². The van der Waals surface area contributed by atoms with Gasteiger partial charge >= 0.3 is 6.18 Å². The first-order valence-electron chi connectivity index (χ1n) is 16.1. The Morgan fingerprint density at radius 2 is 1.58 bits per heavy atom. The topological polar surface area (TPSA) is 84.0 Å². The summed E-state index contributed by atoms with van der Waals surface area (Å²) in [6.07, 6.45) is 6.33. The maximum Gasteiger partial charge on any atom is 0.416 e. The maximum absolute atomic E-state index is 13.1. The van der Waals surface area contributed by atoms with E-state index >= 15 is 0 Å². The monoisotopic (exact) mass is 640 g/mol. The smallest absolute Gasteiger partial charge is 0.356 e. The molecule has 0 unspecified atom stereocenters. The summed E-state index contributed by atoms with van der Waals surface area (Å²) in [7, 11) is 0. The largest absolute Gasteiger partial charge is 0.416 e. The average molecular weight is 641 g/mol. The molecule has 0 spiro atoms. The molecule has 0 saturated carbocycles. The number of rotatable bonds is 15. The summed E-state index contributed by atoms with van der Waals surface area (Å²) < 4.78 is 39.0. The summed E-state index contributed by atoms with van der Waals surface area (Å²) in [6, 6.07) is 11.5. The number of nitrogens with zero attached hydrogens (tertiary/aromatic N) is 2. The Morgan fingerprint density at radius 3 is 2.27 bits per heavy atom. The molecule has 6 nitrogen and oxygen atoms in total. The van der Waals surface area contributed by atoms with Crippen molar-refractivity contribution < 1.29 is 22.8 Å². The van der Waals surface area contributed by atoms with Crippen LogP contribution in [0.2, 0.25) is 0 Å². The molecule has 0 saturated heterocycles. The minimum Gasteiger partial charge on any atom is -0.356 e. The van der Waals surface area contributed by atoms with Crippen molar-refractivity contribution in [2.45, 2.75) is 103 Å². The predicted molar refractivity (Wildman–Crippen MR) is 174 cm³/mol. The van der Waals surface area contributed by atoms with Gasteiger partial charge in [-0.15, -0.1) is 10.2 Å². The lowest BCUT2D eigenvalue weighted by atomic mass is 9.86. The van der Waals surface area contributed by atoms with Crippen molar-refractivity contribution in [2.75, 3.05) is 11.9 Å². The van der Waals surface area contributed by atoms with Gasteiger partial charge in [0.05, 0.1) is 5.56 Å². The molecule has 1 heterocycles. The van der Waals surface area contributed by atoms with Crippen molar-refractivity contribution in [3.05, 3.63) is 80.9 Å². The summed E-state index contributed by atoms with van der Waals surface area (Å²) in [5.74, 6) is -0.176. The van der Waals surface area contributed by atoms with Gasteiger partial charge in [-0.05, 0) is 104 Å². The Bertz CT molecular complexity index is 1440. The van der Waals surface area contributed by atoms with Gasteiger partial charge < -0.3 is 5.32 Å². The lowest BCUT2D eigenvalue weighted by Gasteiger charge is -2.20. The van der Waals surface area contributed by atoms with E-state index in [9.17, 15) is 22.8 Å². The Morgan fingerprint density at radius 1 is 0.867 bits per heavy atom. The van der Waals surface area contributed by atoms with Crippen molar-refractivity contribution in [1.82, 2.24) is 15.5 Å². The summed E-state index contributed by atoms with van der Waals surface area (Å²) in [6.45, 7) is 5.00. The van der Waals surface area contributed by atoms with Gasteiger partial charge in [-0.2, -0.15) is 13.2 Å². The van der Waals surface area contributed by atoms with Crippen LogP contribution in [0.5, 0.6) is 0 Å². The Hall–Kier alpha value is -3.53. The number of carbonyl (C=O) groups excluding carboxylic acids is 2. The fraction of sp³-hybridized carbons (Fsp3) is 0.486. The third-order valence-electron chi connectivity index (χ3n) is 8.34. The molecule has 10 heteroatoms. The summed E-state index contributed by atoms with van der Waals surface area (Å²) in [4.78, 5) is 25.5. The number of hydrogen-bond donors (Lipinski definition) is 2. The number of hydrogen-bond acceptors (Lipinski definition) is 5. The van der Waals surface area contributed by atoms with Gasteiger partial charge in [-0.3, -0.25) is 14.9 Å². The predicted octanol–water partition coefficient (Wildman–Crippen LogP) is 8.50. The standard InChI is InChI=1S/C35H43F3N4O2S/c1-3-24-12-10-13-25(4-2)28(24)16-11-17-31(43)39-23-9-5-6-18-32-41-42-34(45-32)40-33(44)30-15-8-7-14-29(30)26-19-21-27(22-20-26)35(36,37)38/h10,12-13,19-22H,3-9,11,14-18,23H2,1-2H3,(H,39,43)(H,40,42,44). The van der Waals surface area contributed by atoms with E-state index in [-0.39, 0.29) is 11.8 Å². The second kappa shape index (κ2) is 16.7. The number of carbonyl (C=O) groups is 2. The minimum absolute atomic E-state index is 0.0982. The molecule has 3 aromatic rings. The number of benzene rings is 2. The van der Waals surface area contributed by atoms with Crippen LogP contribution in [0.4, 0.5) is 18.3 Å². The molecule has 242 valence electrons. The first-order chi connectivity index (χ1) is 21.7. The number of amides is 2. The number of aryl methyl sites for hydroxylation is 3. The van der Waals surface area contributed by atoms with Crippen molar-refractivity contribution in [2.24, 2.45) is 0 Å². The molecule has 0 fully saturated rings. The molecule has 0 atom stereocenters. The zero-order valence-electron chi connectivity index (χ0n) is 26.2. The second-order valence-electron chi connectivity index (χ2n) is 11.5. The van der Waals surface area contributed by atoms with E-state index < -0.39 is 11.7 Å². The Kier molecular flexibility index (Phi) is 12.7. The number of aromatic nitrogens is 2. The Balaban J connectivity index is 1.16. The van der Waals surface area contributed by atoms with Crippen molar-refractivity contribution in [1.29, 1.82) is 0 Å². The number of anilines is 1. The maximum atomic E-state index is 13.1. The van der Waals surface area contributed by atoms with Gasteiger partial charge in [0.2, 0.25) is 11.0 Å². The van der Waals surface area contributed by atoms with E-state index in [1.807, 2.05) is 0 Å². The van der Waals surface area contributed by atoms with Gasteiger partial charge in [0.1, 0.15) is 5.01 Å². The lowest BCUT2D eigenvalue weighted by Crippen LogP contribution is -2.24.